The summed E-state index contributed by atoms with van der Waals surface area (Å²) in [4.78, 5) is 25.4. The van der Waals surface area contributed by atoms with E-state index in [1.165, 1.54) is 23.3 Å². The van der Waals surface area contributed by atoms with Crippen molar-refractivity contribution >= 4 is 15.7 Å². The molecule has 1 amide bonds. The number of carbonyl (C=O) groups is 1. The Kier molecular flexibility index (Phi) is 5.62. The lowest BCUT2D eigenvalue weighted by atomic mass is 9.94. The number of hydrogen-bond donors (Lipinski definition) is 0. The Morgan fingerprint density at radius 3 is 2.57 bits per heavy atom. The summed E-state index contributed by atoms with van der Waals surface area (Å²) in [6, 6.07) is 3.04. The van der Waals surface area contributed by atoms with Gasteiger partial charge in [-0.3, -0.25) is 9.59 Å². The highest BCUT2D eigenvalue weighted by molar-refractivity contribution is 7.91. The van der Waals surface area contributed by atoms with Crippen LogP contribution >= 0.6 is 0 Å². The zero-order valence-corrected chi connectivity index (χ0v) is 14.5. The number of pyridine rings is 1. The summed E-state index contributed by atoms with van der Waals surface area (Å²) in [6.07, 6.45) is 6.77. The molecule has 0 bridgehead atoms. The average Bonchev–Trinajstić information content (AvgIpc) is 2.50. The normalized spacial score (nSPS) is 16.3. The number of rotatable bonds is 5. The molecule has 1 aliphatic carbocycles. The van der Waals surface area contributed by atoms with Crippen LogP contribution in [0.2, 0.25) is 0 Å². The monoisotopic (exact) mass is 340 g/mol. The molecule has 2 rings (SSSR count). The van der Waals surface area contributed by atoms with E-state index in [4.69, 9.17) is 0 Å². The Labute approximate surface area is 137 Å². The molecule has 1 aromatic heterocycles. The number of hydrogen-bond acceptors (Lipinski definition) is 4. The Balaban J connectivity index is 2.00. The molecule has 0 radical (unpaired) electrons. The third-order valence-corrected chi connectivity index (χ3v) is 5.87. The van der Waals surface area contributed by atoms with Crippen molar-refractivity contribution in [3.05, 3.63) is 34.2 Å². The van der Waals surface area contributed by atoms with Gasteiger partial charge in [0.25, 0.3) is 5.56 Å². The predicted octanol–water partition coefficient (Wildman–Crippen LogP) is 1.09. The lowest BCUT2D eigenvalue weighted by Crippen LogP contribution is -2.41. The maximum atomic E-state index is 12.3. The molecule has 1 fully saturated rings. The minimum atomic E-state index is -3.59. The van der Waals surface area contributed by atoms with Crippen LogP contribution < -0.4 is 5.56 Å². The highest BCUT2D eigenvalue weighted by Crippen LogP contribution is 2.22. The van der Waals surface area contributed by atoms with E-state index in [-0.39, 0.29) is 23.3 Å². The molecule has 1 aromatic rings. The van der Waals surface area contributed by atoms with Crippen molar-refractivity contribution in [2.45, 2.75) is 43.9 Å². The van der Waals surface area contributed by atoms with E-state index in [0.717, 1.165) is 25.7 Å². The number of aromatic nitrogens is 1. The van der Waals surface area contributed by atoms with Gasteiger partial charge in [0.15, 0.2) is 9.84 Å². The van der Waals surface area contributed by atoms with Crippen LogP contribution in [0.5, 0.6) is 0 Å². The zero-order chi connectivity index (χ0) is 17.0. The van der Waals surface area contributed by atoms with Gasteiger partial charge in [0.1, 0.15) is 5.75 Å². The number of carbonyl (C=O) groups excluding carboxylic acids is 1. The second-order valence-corrected chi connectivity index (χ2v) is 8.38. The van der Waals surface area contributed by atoms with Gasteiger partial charge >= 0.3 is 0 Å². The predicted molar refractivity (Wildman–Crippen MR) is 88.8 cm³/mol. The maximum Gasteiger partial charge on any atom is 0.250 e. The molecule has 0 spiro atoms. The van der Waals surface area contributed by atoms with Crippen LogP contribution in [0.3, 0.4) is 0 Å². The topological polar surface area (TPSA) is 76.5 Å². The summed E-state index contributed by atoms with van der Waals surface area (Å²) < 4.78 is 25.8. The molecular weight excluding hydrogens is 316 g/mol. The molecule has 7 heteroatoms. The number of amides is 1. The molecule has 0 atom stereocenters. The second-order valence-electron chi connectivity index (χ2n) is 6.31. The molecule has 1 aliphatic rings. The van der Waals surface area contributed by atoms with Gasteiger partial charge in [-0.25, -0.2) is 8.42 Å². The summed E-state index contributed by atoms with van der Waals surface area (Å²) in [5, 5.41) is 0. The van der Waals surface area contributed by atoms with E-state index in [9.17, 15) is 18.0 Å². The van der Waals surface area contributed by atoms with E-state index in [0.29, 0.717) is 5.56 Å². The van der Waals surface area contributed by atoms with Crippen molar-refractivity contribution in [3.63, 3.8) is 0 Å². The molecule has 23 heavy (non-hydrogen) atoms. The molecule has 128 valence electrons. The first kappa shape index (κ1) is 17.7. The smallest absolute Gasteiger partial charge is 0.250 e. The van der Waals surface area contributed by atoms with Crippen LogP contribution in [-0.4, -0.2) is 42.6 Å². The van der Waals surface area contributed by atoms with Crippen LogP contribution in [0.25, 0.3) is 0 Å². The van der Waals surface area contributed by atoms with Crippen molar-refractivity contribution in [2.24, 2.45) is 7.05 Å². The van der Waals surface area contributed by atoms with Crippen molar-refractivity contribution in [1.82, 2.24) is 9.47 Å². The fourth-order valence-electron chi connectivity index (χ4n) is 2.95. The SMILES string of the molecule is CN(C(=O)CS(=O)(=O)Cc1ccn(C)c(=O)c1)C1CCCCC1. The van der Waals surface area contributed by atoms with E-state index in [1.54, 1.807) is 25.1 Å². The highest BCUT2D eigenvalue weighted by atomic mass is 32.2. The molecule has 0 unspecified atom stereocenters. The third kappa shape index (κ3) is 4.92. The Morgan fingerprint density at radius 1 is 1.30 bits per heavy atom. The van der Waals surface area contributed by atoms with Gasteiger partial charge in [0, 0.05) is 32.4 Å². The highest BCUT2D eigenvalue weighted by Gasteiger charge is 2.26. The van der Waals surface area contributed by atoms with Gasteiger partial charge in [0.05, 0.1) is 5.75 Å². The molecule has 1 heterocycles. The van der Waals surface area contributed by atoms with Crippen molar-refractivity contribution < 1.29 is 13.2 Å². The van der Waals surface area contributed by atoms with Crippen LogP contribution in [0.4, 0.5) is 0 Å². The van der Waals surface area contributed by atoms with Gasteiger partial charge in [-0.2, -0.15) is 0 Å². The van der Waals surface area contributed by atoms with Gasteiger partial charge in [-0.1, -0.05) is 19.3 Å². The average molecular weight is 340 g/mol. The molecule has 0 saturated heterocycles. The zero-order valence-electron chi connectivity index (χ0n) is 13.7. The second kappa shape index (κ2) is 7.29. The number of sulfone groups is 1. The first-order chi connectivity index (χ1) is 10.8. The van der Waals surface area contributed by atoms with Gasteiger partial charge in [-0.15, -0.1) is 0 Å². The fourth-order valence-corrected chi connectivity index (χ4v) is 4.32. The first-order valence-corrected chi connectivity index (χ1v) is 9.72. The fraction of sp³-hybridized carbons (Fsp3) is 0.625. The molecule has 1 saturated carbocycles. The van der Waals surface area contributed by atoms with Crippen LogP contribution in [-0.2, 0) is 27.4 Å². The van der Waals surface area contributed by atoms with E-state index in [1.807, 2.05) is 0 Å². The molecule has 0 aromatic carbocycles. The number of aryl methyl sites for hydroxylation is 1. The largest absolute Gasteiger partial charge is 0.342 e. The Hall–Kier alpha value is -1.63. The van der Waals surface area contributed by atoms with Crippen LogP contribution in [0, 0.1) is 0 Å². The summed E-state index contributed by atoms with van der Waals surface area (Å²) in [5.41, 5.74) is 0.157. The van der Waals surface area contributed by atoms with Gasteiger partial charge in [-0.05, 0) is 24.5 Å². The summed E-state index contributed by atoms with van der Waals surface area (Å²) in [7, 11) is -0.299. The standard InChI is InChI=1S/C16H24N2O4S/c1-17-9-8-13(10-15(17)19)11-23(21,22)12-16(20)18(2)14-6-4-3-5-7-14/h8-10,14H,3-7,11-12H2,1-2H3. The molecule has 6 nitrogen and oxygen atoms in total. The van der Waals surface area contributed by atoms with E-state index < -0.39 is 15.6 Å². The first-order valence-electron chi connectivity index (χ1n) is 7.90. The Bertz CT molecular complexity index is 718. The summed E-state index contributed by atoms with van der Waals surface area (Å²) >= 11 is 0. The van der Waals surface area contributed by atoms with Crippen LogP contribution in [0.1, 0.15) is 37.7 Å². The van der Waals surface area contributed by atoms with Gasteiger partial charge in [0.2, 0.25) is 5.91 Å². The van der Waals surface area contributed by atoms with Crippen LogP contribution in [0.15, 0.2) is 23.1 Å². The third-order valence-electron chi connectivity index (χ3n) is 4.41. The van der Waals surface area contributed by atoms with Crippen molar-refractivity contribution in [3.8, 4) is 0 Å². The van der Waals surface area contributed by atoms with E-state index in [2.05, 4.69) is 0 Å². The lowest BCUT2D eigenvalue weighted by Gasteiger charge is -2.31. The number of nitrogens with zero attached hydrogens (tertiary/aromatic N) is 2. The minimum absolute atomic E-state index is 0.149. The maximum absolute atomic E-state index is 12.3. The summed E-state index contributed by atoms with van der Waals surface area (Å²) in [5.74, 6) is -1.15. The quantitative estimate of drug-likeness (QED) is 0.804. The molecular formula is C16H24N2O4S. The minimum Gasteiger partial charge on any atom is -0.342 e. The molecule has 0 aliphatic heterocycles. The van der Waals surface area contributed by atoms with Gasteiger partial charge < -0.3 is 9.47 Å². The summed E-state index contributed by atoms with van der Waals surface area (Å²) in [6.45, 7) is 0. The molecule has 0 N–H and O–H groups in total. The van der Waals surface area contributed by atoms with Crippen molar-refractivity contribution in [2.75, 3.05) is 12.8 Å². The lowest BCUT2D eigenvalue weighted by molar-refractivity contribution is -0.129. The van der Waals surface area contributed by atoms with Crippen molar-refractivity contribution in [1.29, 1.82) is 0 Å². The Morgan fingerprint density at radius 2 is 1.96 bits per heavy atom. The van der Waals surface area contributed by atoms with E-state index >= 15 is 0 Å².